The number of nitrogens with zero attached hydrogens (tertiary/aromatic N) is 4. The molecule has 8 nitrogen and oxygen atoms in total. The minimum atomic E-state index is -0.183. The summed E-state index contributed by atoms with van der Waals surface area (Å²) in [5, 5.41) is 12.1. The topological polar surface area (TPSA) is 88.9 Å². The van der Waals surface area contributed by atoms with E-state index in [1.54, 1.807) is 0 Å². The molecule has 37 heavy (non-hydrogen) atoms. The van der Waals surface area contributed by atoms with Gasteiger partial charge in [-0.15, -0.1) is 0 Å². The highest BCUT2D eigenvalue weighted by molar-refractivity contribution is 5.90. The number of benzene rings is 2. The van der Waals surface area contributed by atoms with Crippen LogP contribution in [0.2, 0.25) is 0 Å². The van der Waals surface area contributed by atoms with Crippen molar-refractivity contribution in [2.45, 2.75) is 32.2 Å². The van der Waals surface area contributed by atoms with Crippen molar-refractivity contribution in [1.82, 2.24) is 9.80 Å². The molecule has 0 aliphatic carbocycles. The number of hydrogen-bond acceptors (Lipinski definition) is 7. The molecule has 0 bridgehead atoms. The molecule has 0 saturated carbocycles. The number of nitrogens with one attached hydrogen (secondary N) is 1. The smallest absolute Gasteiger partial charge is 0.320 e. The minimum absolute atomic E-state index is 0.0260. The zero-order chi connectivity index (χ0) is 26.0. The van der Waals surface area contributed by atoms with Crippen molar-refractivity contribution in [3.05, 3.63) is 60.2 Å². The highest BCUT2D eigenvalue weighted by atomic mass is 16.5. The van der Waals surface area contributed by atoms with E-state index in [2.05, 4.69) is 26.1 Å². The highest BCUT2D eigenvalue weighted by Gasteiger charge is 2.35. The number of carbonyl (C=O) groups is 2. The van der Waals surface area contributed by atoms with Crippen molar-refractivity contribution in [3.8, 4) is 6.07 Å². The quantitative estimate of drug-likeness (QED) is 0.525. The van der Waals surface area contributed by atoms with E-state index in [-0.39, 0.29) is 11.9 Å². The Morgan fingerprint density at radius 3 is 2.43 bits per heavy atom. The van der Waals surface area contributed by atoms with Gasteiger partial charge in [0.15, 0.2) is 0 Å². The first-order valence-electron chi connectivity index (χ1n) is 13.3. The monoisotopic (exact) mass is 503 g/mol. The number of rotatable bonds is 9. The number of anilines is 2. The van der Waals surface area contributed by atoms with Gasteiger partial charge in [-0.2, -0.15) is 5.26 Å². The molecule has 196 valence electrons. The van der Waals surface area contributed by atoms with Crippen LogP contribution in [-0.2, 0) is 14.3 Å². The summed E-state index contributed by atoms with van der Waals surface area (Å²) in [6, 6.07) is 19.9. The van der Waals surface area contributed by atoms with Crippen LogP contribution in [-0.4, -0.2) is 80.1 Å². The number of hydrogen-bond donors (Lipinski definition) is 1. The first kappa shape index (κ1) is 26.6. The first-order chi connectivity index (χ1) is 18.1. The number of ether oxygens (including phenoxy) is 1. The molecule has 0 radical (unpaired) electrons. The largest absolute Gasteiger partial charge is 0.465 e. The summed E-state index contributed by atoms with van der Waals surface area (Å²) < 4.78 is 5.18. The molecular formula is C29H37N5O3. The van der Waals surface area contributed by atoms with Crippen LogP contribution < -0.4 is 10.2 Å². The van der Waals surface area contributed by atoms with Gasteiger partial charge in [-0.25, -0.2) is 0 Å². The predicted octanol–water partition coefficient (Wildman–Crippen LogP) is 3.35. The lowest BCUT2D eigenvalue weighted by molar-refractivity contribution is -0.145. The number of amides is 1. The number of piperidine rings is 1. The fourth-order valence-corrected chi connectivity index (χ4v) is 5.51. The Kier molecular flexibility index (Phi) is 9.52. The average molecular weight is 504 g/mol. The maximum atomic E-state index is 12.7. The average Bonchev–Trinajstić information content (AvgIpc) is 2.93. The van der Waals surface area contributed by atoms with E-state index in [4.69, 9.17) is 10.00 Å². The number of para-hydroxylation sites is 1. The Hall–Kier alpha value is -3.41. The van der Waals surface area contributed by atoms with Crippen LogP contribution in [0.25, 0.3) is 0 Å². The first-order valence-corrected chi connectivity index (χ1v) is 13.3. The van der Waals surface area contributed by atoms with E-state index in [1.165, 1.54) is 0 Å². The second-order valence-electron chi connectivity index (χ2n) is 9.79. The van der Waals surface area contributed by atoms with Crippen LogP contribution in [0.1, 0.15) is 31.7 Å². The summed E-state index contributed by atoms with van der Waals surface area (Å²) in [6.45, 7) is 7.93. The summed E-state index contributed by atoms with van der Waals surface area (Å²) in [6.07, 6.45) is 2.20. The Balaban J connectivity index is 1.36. The molecule has 0 aromatic heterocycles. The van der Waals surface area contributed by atoms with E-state index in [0.717, 1.165) is 63.5 Å². The van der Waals surface area contributed by atoms with Gasteiger partial charge in [0, 0.05) is 63.1 Å². The van der Waals surface area contributed by atoms with Crippen molar-refractivity contribution in [1.29, 1.82) is 5.26 Å². The number of esters is 1. The third kappa shape index (κ3) is 7.54. The molecule has 2 aromatic rings. The van der Waals surface area contributed by atoms with Gasteiger partial charge in [0.1, 0.15) is 0 Å². The molecule has 2 aromatic carbocycles. The van der Waals surface area contributed by atoms with E-state index in [9.17, 15) is 9.59 Å². The third-order valence-corrected chi connectivity index (χ3v) is 7.38. The van der Waals surface area contributed by atoms with Gasteiger partial charge < -0.3 is 15.0 Å². The maximum absolute atomic E-state index is 12.7. The zero-order valence-electron chi connectivity index (χ0n) is 21.6. The predicted molar refractivity (Wildman–Crippen MR) is 144 cm³/mol. The van der Waals surface area contributed by atoms with Crippen LogP contribution in [0.4, 0.5) is 11.4 Å². The molecule has 2 unspecified atom stereocenters. The lowest BCUT2D eigenvalue weighted by Crippen LogP contribution is -2.57. The standard InChI is InChI=1S/C29H37N5O3/c1-2-37-29(36)22-32-15-14-27(24(21-32)10-13-28(35)31-25-6-4-3-5-7-25)34-18-16-33(17-19-34)26-11-8-23(20-30)9-12-26/h3-9,11-12,24,27H,2,10,13-19,21-22H2,1H3,(H,31,35). The van der Waals surface area contributed by atoms with Gasteiger partial charge in [0.05, 0.1) is 24.8 Å². The van der Waals surface area contributed by atoms with Crippen LogP contribution in [0, 0.1) is 17.2 Å². The van der Waals surface area contributed by atoms with Crippen LogP contribution in [0.15, 0.2) is 54.6 Å². The minimum Gasteiger partial charge on any atom is -0.465 e. The second-order valence-corrected chi connectivity index (χ2v) is 9.79. The van der Waals surface area contributed by atoms with Crippen molar-refractivity contribution in [2.75, 3.05) is 62.6 Å². The molecule has 8 heteroatoms. The molecule has 1 N–H and O–H groups in total. The molecule has 4 rings (SSSR count). The molecule has 2 aliphatic rings. The van der Waals surface area contributed by atoms with Crippen LogP contribution in [0.5, 0.6) is 0 Å². The zero-order valence-corrected chi connectivity index (χ0v) is 21.6. The number of nitriles is 1. The molecule has 2 atom stereocenters. The molecule has 2 aliphatic heterocycles. The highest BCUT2D eigenvalue weighted by Crippen LogP contribution is 2.28. The summed E-state index contributed by atoms with van der Waals surface area (Å²) in [5.74, 6) is 0.141. The molecule has 1 amide bonds. The van der Waals surface area contributed by atoms with Gasteiger partial charge in [-0.05, 0) is 62.1 Å². The van der Waals surface area contributed by atoms with Crippen molar-refractivity contribution >= 4 is 23.3 Å². The summed E-state index contributed by atoms with van der Waals surface area (Å²) in [4.78, 5) is 31.9. The van der Waals surface area contributed by atoms with Gasteiger partial charge in [-0.1, -0.05) is 18.2 Å². The van der Waals surface area contributed by atoms with Crippen molar-refractivity contribution < 1.29 is 14.3 Å². The maximum Gasteiger partial charge on any atom is 0.320 e. The van der Waals surface area contributed by atoms with E-state index >= 15 is 0 Å². The Morgan fingerprint density at radius 1 is 1.03 bits per heavy atom. The Morgan fingerprint density at radius 2 is 1.76 bits per heavy atom. The molecular weight excluding hydrogens is 466 g/mol. The van der Waals surface area contributed by atoms with E-state index in [0.29, 0.717) is 37.1 Å². The molecule has 2 saturated heterocycles. The molecule has 2 heterocycles. The Bertz CT molecular complexity index is 1060. The Labute approximate surface area is 219 Å². The normalized spacial score (nSPS) is 20.7. The third-order valence-electron chi connectivity index (χ3n) is 7.38. The summed E-state index contributed by atoms with van der Waals surface area (Å²) in [5.41, 5.74) is 2.64. The van der Waals surface area contributed by atoms with Gasteiger partial charge in [0.2, 0.25) is 5.91 Å². The number of piperazine rings is 1. The molecule has 2 fully saturated rings. The van der Waals surface area contributed by atoms with Gasteiger partial charge in [0.25, 0.3) is 0 Å². The SMILES string of the molecule is CCOC(=O)CN1CCC(N2CCN(c3ccc(C#N)cc3)CC2)C(CCC(=O)Nc2ccccc2)C1. The number of likely N-dealkylation sites (tertiary alicyclic amines) is 1. The molecule has 0 spiro atoms. The fourth-order valence-electron chi connectivity index (χ4n) is 5.51. The number of carbonyl (C=O) groups excluding carboxylic acids is 2. The van der Waals surface area contributed by atoms with Gasteiger partial charge >= 0.3 is 5.97 Å². The van der Waals surface area contributed by atoms with E-state index in [1.807, 2.05) is 61.5 Å². The van der Waals surface area contributed by atoms with Crippen molar-refractivity contribution in [3.63, 3.8) is 0 Å². The summed E-state index contributed by atoms with van der Waals surface area (Å²) in [7, 11) is 0. The van der Waals surface area contributed by atoms with Crippen molar-refractivity contribution in [2.24, 2.45) is 5.92 Å². The summed E-state index contributed by atoms with van der Waals surface area (Å²) >= 11 is 0. The van der Waals surface area contributed by atoms with Crippen LogP contribution >= 0.6 is 0 Å². The fraction of sp³-hybridized carbons (Fsp3) is 0.483. The van der Waals surface area contributed by atoms with Gasteiger partial charge in [-0.3, -0.25) is 19.4 Å². The second kappa shape index (κ2) is 13.2. The van der Waals surface area contributed by atoms with Crippen LogP contribution in [0.3, 0.4) is 0 Å². The van der Waals surface area contributed by atoms with E-state index < -0.39 is 0 Å². The lowest BCUT2D eigenvalue weighted by atomic mass is 9.86. The lowest BCUT2D eigenvalue weighted by Gasteiger charge is -2.47.